The van der Waals surface area contributed by atoms with Gasteiger partial charge >= 0.3 is 0 Å². The molecule has 16 heavy (non-hydrogen) atoms. The molecule has 0 amide bonds. The van der Waals surface area contributed by atoms with Crippen LogP contribution in [0, 0.1) is 0 Å². The van der Waals surface area contributed by atoms with Crippen LogP contribution in [0.2, 0.25) is 0 Å². The third-order valence-electron chi connectivity index (χ3n) is 2.37. The summed E-state index contributed by atoms with van der Waals surface area (Å²) in [5.41, 5.74) is 6.32. The van der Waals surface area contributed by atoms with Crippen LogP contribution in [0.4, 0.5) is 5.69 Å². The van der Waals surface area contributed by atoms with Crippen molar-refractivity contribution in [3.63, 3.8) is 0 Å². The van der Waals surface area contributed by atoms with Crippen LogP contribution >= 0.6 is 0 Å². The minimum atomic E-state index is -4.18. The Morgan fingerprint density at radius 1 is 1.50 bits per heavy atom. The SMILES string of the molecule is CCC(c1c(N)cccc1OC)S(=O)(=O)O. The number of hydrogen-bond donors (Lipinski definition) is 2. The summed E-state index contributed by atoms with van der Waals surface area (Å²) in [7, 11) is -2.76. The monoisotopic (exact) mass is 245 g/mol. The van der Waals surface area contributed by atoms with Crippen molar-refractivity contribution in [1.82, 2.24) is 0 Å². The van der Waals surface area contributed by atoms with E-state index in [9.17, 15) is 8.42 Å². The van der Waals surface area contributed by atoms with Gasteiger partial charge in [0.1, 0.15) is 11.0 Å². The lowest BCUT2D eigenvalue weighted by atomic mass is 10.1. The molecule has 0 aliphatic carbocycles. The first kappa shape index (κ1) is 12.8. The molecular weight excluding hydrogens is 230 g/mol. The Hall–Kier alpha value is -1.27. The zero-order chi connectivity index (χ0) is 12.3. The molecule has 1 rings (SSSR count). The summed E-state index contributed by atoms with van der Waals surface area (Å²) in [4.78, 5) is 0. The summed E-state index contributed by atoms with van der Waals surface area (Å²) >= 11 is 0. The van der Waals surface area contributed by atoms with Gasteiger partial charge in [0, 0.05) is 11.3 Å². The van der Waals surface area contributed by atoms with Crippen LogP contribution in [0.3, 0.4) is 0 Å². The molecule has 1 aromatic rings. The van der Waals surface area contributed by atoms with Crippen LogP contribution in [0.5, 0.6) is 5.75 Å². The van der Waals surface area contributed by atoms with Gasteiger partial charge in [-0.25, -0.2) is 0 Å². The second-order valence-electron chi connectivity index (χ2n) is 3.38. The zero-order valence-corrected chi connectivity index (χ0v) is 9.99. The van der Waals surface area contributed by atoms with E-state index in [4.69, 9.17) is 15.0 Å². The van der Waals surface area contributed by atoms with E-state index in [1.54, 1.807) is 25.1 Å². The van der Waals surface area contributed by atoms with E-state index in [0.717, 1.165) is 0 Å². The Morgan fingerprint density at radius 2 is 2.12 bits per heavy atom. The summed E-state index contributed by atoms with van der Waals surface area (Å²) in [6, 6.07) is 4.85. The first-order valence-corrected chi connectivity index (χ1v) is 6.30. The number of nitrogen functional groups attached to an aromatic ring is 1. The molecule has 0 heterocycles. The fourth-order valence-corrected chi connectivity index (χ4v) is 2.62. The third kappa shape index (κ3) is 2.45. The largest absolute Gasteiger partial charge is 0.496 e. The highest BCUT2D eigenvalue weighted by Crippen LogP contribution is 2.36. The van der Waals surface area contributed by atoms with Crippen molar-refractivity contribution in [1.29, 1.82) is 0 Å². The second kappa shape index (κ2) is 4.71. The quantitative estimate of drug-likeness (QED) is 0.621. The zero-order valence-electron chi connectivity index (χ0n) is 9.17. The summed E-state index contributed by atoms with van der Waals surface area (Å²) < 4.78 is 36.6. The Bertz CT molecular complexity index is 470. The molecule has 1 unspecified atom stereocenters. The maximum Gasteiger partial charge on any atom is 0.272 e. The van der Waals surface area contributed by atoms with Gasteiger partial charge in [0.25, 0.3) is 10.1 Å². The molecule has 1 aromatic carbocycles. The van der Waals surface area contributed by atoms with Gasteiger partial charge < -0.3 is 10.5 Å². The molecule has 0 radical (unpaired) electrons. The highest BCUT2D eigenvalue weighted by atomic mass is 32.2. The summed E-state index contributed by atoms with van der Waals surface area (Å²) in [5, 5.41) is -1.05. The van der Waals surface area contributed by atoms with Gasteiger partial charge in [0.15, 0.2) is 0 Å². The lowest BCUT2D eigenvalue weighted by Gasteiger charge is -2.17. The van der Waals surface area contributed by atoms with Gasteiger partial charge in [0.05, 0.1) is 7.11 Å². The number of nitrogens with two attached hydrogens (primary N) is 1. The van der Waals surface area contributed by atoms with Crippen molar-refractivity contribution in [2.24, 2.45) is 0 Å². The van der Waals surface area contributed by atoms with Crippen molar-refractivity contribution in [3.8, 4) is 5.75 Å². The highest BCUT2D eigenvalue weighted by Gasteiger charge is 2.28. The van der Waals surface area contributed by atoms with E-state index in [0.29, 0.717) is 17.0 Å². The number of ether oxygens (including phenoxy) is 1. The summed E-state index contributed by atoms with van der Waals surface area (Å²) in [6.07, 6.45) is 0.226. The Morgan fingerprint density at radius 3 is 2.56 bits per heavy atom. The molecule has 6 heteroatoms. The molecule has 90 valence electrons. The first-order chi connectivity index (χ1) is 7.41. The topological polar surface area (TPSA) is 89.6 Å². The maximum absolute atomic E-state index is 11.2. The number of benzene rings is 1. The number of anilines is 1. The van der Waals surface area contributed by atoms with E-state index >= 15 is 0 Å². The van der Waals surface area contributed by atoms with Crippen molar-refractivity contribution >= 4 is 15.8 Å². The lowest BCUT2D eigenvalue weighted by Crippen LogP contribution is -2.14. The molecule has 0 aromatic heterocycles. The third-order valence-corrected chi connectivity index (χ3v) is 3.66. The van der Waals surface area contributed by atoms with Crippen LogP contribution < -0.4 is 10.5 Å². The second-order valence-corrected chi connectivity index (χ2v) is 4.97. The van der Waals surface area contributed by atoms with Crippen LogP contribution in [-0.2, 0) is 10.1 Å². The Balaban J connectivity index is 3.40. The van der Waals surface area contributed by atoms with Crippen molar-refractivity contribution in [2.75, 3.05) is 12.8 Å². The average Bonchev–Trinajstić information content (AvgIpc) is 2.19. The van der Waals surface area contributed by atoms with Crippen LogP contribution in [0.25, 0.3) is 0 Å². The summed E-state index contributed by atoms with van der Waals surface area (Å²) in [5.74, 6) is 0.365. The minimum absolute atomic E-state index is 0.226. The lowest BCUT2D eigenvalue weighted by molar-refractivity contribution is 0.405. The average molecular weight is 245 g/mol. The number of hydrogen-bond acceptors (Lipinski definition) is 4. The van der Waals surface area contributed by atoms with Crippen LogP contribution in [-0.4, -0.2) is 20.1 Å². The minimum Gasteiger partial charge on any atom is -0.496 e. The van der Waals surface area contributed by atoms with Crippen molar-refractivity contribution in [2.45, 2.75) is 18.6 Å². The van der Waals surface area contributed by atoms with Gasteiger partial charge in [-0.2, -0.15) is 8.42 Å². The van der Waals surface area contributed by atoms with Gasteiger partial charge in [-0.15, -0.1) is 0 Å². The standard InChI is InChI=1S/C10H15NO4S/c1-3-9(16(12,13)14)10-7(11)5-4-6-8(10)15-2/h4-6,9H,3,11H2,1-2H3,(H,12,13,14). The van der Waals surface area contributed by atoms with E-state index < -0.39 is 15.4 Å². The smallest absolute Gasteiger partial charge is 0.272 e. The van der Waals surface area contributed by atoms with Crippen molar-refractivity contribution in [3.05, 3.63) is 23.8 Å². The number of rotatable bonds is 4. The molecule has 0 saturated heterocycles. The molecule has 0 fully saturated rings. The van der Waals surface area contributed by atoms with Gasteiger partial charge in [0.2, 0.25) is 0 Å². The molecular formula is C10H15NO4S. The van der Waals surface area contributed by atoms with Gasteiger partial charge in [-0.3, -0.25) is 4.55 Å². The summed E-state index contributed by atoms with van der Waals surface area (Å²) in [6.45, 7) is 1.66. The molecule has 0 saturated carbocycles. The van der Waals surface area contributed by atoms with Crippen LogP contribution in [0.1, 0.15) is 24.2 Å². The first-order valence-electron chi connectivity index (χ1n) is 4.80. The Labute approximate surface area is 95.0 Å². The fourth-order valence-electron chi connectivity index (χ4n) is 1.65. The predicted octanol–water partition coefficient (Wildman–Crippen LogP) is 1.62. The fraction of sp³-hybridized carbons (Fsp3) is 0.400. The normalized spacial score (nSPS) is 13.4. The van der Waals surface area contributed by atoms with Gasteiger partial charge in [-0.1, -0.05) is 13.0 Å². The number of methoxy groups -OCH3 is 1. The molecule has 0 spiro atoms. The molecule has 0 aliphatic heterocycles. The van der Waals surface area contributed by atoms with E-state index in [1.165, 1.54) is 7.11 Å². The van der Waals surface area contributed by atoms with Gasteiger partial charge in [-0.05, 0) is 18.6 Å². The predicted molar refractivity (Wildman–Crippen MR) is 62.0 cm³/mol. The Kier molecular flexibility index (Phi) is 3.77. The molecule has 5 nitrogen and oxygen atoms in total. The van der Waals surface area contributed by atoms with E-state index in [-0.39, 0.29) is 6.42 Å². The van der Waals surface area contributed by atoms with Crippen LogP contribution in [0.15, 0.2) is 18.2 Å². The maximum atomic E-state index is 11.2. The molecule has 1 atom stereocenters. The molecule has 0 aliphatic rings. The van der Waals surface area contributed by atoms with E-state index in [1.807, 2.05) is 0 Å². The highest BCUT2D eigenvalue weighted by molar-refractivity contribution is 7.86. The van der Waals surface area contributed by atoms with E-state index in [2.05, 4.69) is 0 Å². The molecule has 0 bridgehead atoms. The molecule has 3 N–H and O–H groups in total. The van der Waals surface area contributed by atoms with Crippen molar-refractivity contribution < 1.29 is 17.7 Å².